The van der Waals surface area contributed by atoms with Crippen LogP contribution >= 0.6 is 15.8 Å². The quantitative estimate of drug-likeness (QED) is 0.0957. The summed E-state index contributed by atoms with van der Waals surface area (Å²) in [5, 5.41) is 15.2. The zero-order valence-corrected chi connectivity index (χ0v) is 27.7. The first-order valence-corrected chi connectivity index (χ1v) is 18.0. The predicted molar refractivity (Wildman–Crippen MR) is 202 cm³/mol. The zero-order valence-electron chi connectivity index (χ0n) is 25.9. The van der Waals surface area contributed by atoms with Gasteiger partial charge >= 0.3 is 11.8 Å². The van der Waals surface area contributed by atoms with Crippen LogP contribution in [-0.2, 0) is 9.59 Å². The Morgan fingerprint density at radius 1 is 0.396 bits per heavy atom. The molecule has 6 aromatic carbocycles. The highest BCUT2D eigenvalue weighted by atomic mass is 31.1. The SMILES string of the molecule is O=C(NN=Cc1ccccc1P(c1ccccc1)c1ccccc1)C(=O)NN=Cc1ccccc1P(c1ccccc1)c1ccccc1. The van der Waals surface area contributed by atoms with Crippen molar-refractivity contribution in [1.29, 1.82) is 0 Å². The third-order valence-corrected chi connectivity index (χ3v) is 12.4. The summed E-state index contributed by atoms with van der Waals surface area (Å²) in [6.07, 6.45) is 3.16. The molecule has 0 aliphatic rings. The van der Waals surface area contributed by atoms with Crippen molar-refractivity contribution in [2.24, 2.45) is 10.2 Å². The molecular weight excluding hydrogens is 630 g/mol. The fraction of sp³-hybridized carbons (Fsp3) is 0. The van der Waals surface area contributed by atoms with Gasteiger partial charge in [-0.1, -0.05) is 170 Å². The van der Waals surface area contributed by atoms with Gasteiger partial charge < -0.3 is 0 Å². The van der Waals surface area contributed by atoms with Crippen molar-refractivity contribution >= 4 is 71.9 Å². The van der Waals surface area contributed by atoms with Crippen molar-refractivity contribution < 1.29 is 9.59 Å². The maximum absolute atomic E-state index is 12.7. The second-order valence-electron chi connectivity index (χ2n) is 10.5. The highest BCUT2D eigenvalue weighted by molar-refractivity contribution is 7.80. The van der Waals surface area contributed by atoms with Crippen molar-refractivity contribution in [1.82, 2.24) is 10.9 Å². The third kappa shape index (κ3) is 8.05. The summed E-state index contributed by atoms with van der Waals surface area (Å²) in [5.41, 5.74) is 6.40. The van der Waals surface area contributed by atoms with Gasteiger partial charge in [0.2, 0.25) is 0 Å². The van der Waals surface area contributed by atoms with Crippen LogP contribution in [0.15, 0.2) is 180 Å². The molecule has 48 heavy (non-hydrogen) atoms. The van der Waals surface area contributed by atoms with E-state index in [0.717, 1.165) is 21.7 Å². The number of nitrogens with zero attached hydrogens (tertiary/aromatic N) is 2. The zero-order chi connectivity index (χ0) is 33.0. The molecule has 0 atom stereocenters. The highest BCUT2D eigenvalue weighted by Gasteiger charge is 2.20. The lowest BCUT2D eigenvalue weighted by Gasteiger charge is -2.21. The van der Waals surface area contributed by atoms with E-state index in [2.05, 4.69) is 81.7 Å². The highest BCUT2D eigenvalue weighted by Crippen LogP contribution is 2.34. The second kappa shape index (κ2) is 16.3. The summed E-state index contributed by atoms with van der Waals surface area (Å²) in [6.45, 7) is 0. The number of hydrogen-bond acceptors (Lipinski definition) is 4. The van der Waals surface area contributed by atoms with Gasteiger partial charge in [0.25, 0.3) is 0 Å². The first-order chi connectivity index (χ1) is 23.7. The first-order valence-electron chi connectivity index (χ1n) is 15.3. The molecule has 0 aromatic heterocycles. The lowest BCUT2D eigenvalue weighted by Crippen LogP contribution is -2.35. The molecule has 0 saturated carbocycles. The van der Waals surface area contributed by atoms with E-state index in [-0.39, 0.29) is 0 Å². The number of amides is 2. The fourth-order valence-corrected chi connectivity index (χ4v) is 10.0. The minimum Gasteiger partial charge on any atom is -0.262 e. The van der Waals surface area contributed by atoms with Crippen LogP contribution < -0.4 is 42.7 Å². The predicted octanol–water partition coefficient (Wildman–Crippen LogP) is 4.80. The Morgan fingerprint density at radius 2 is 0.667 bits per heavy atom. The van der Waals surface area contributed by atoms with Crippen molar-refractivity contribution in [3.63, 3.8) is 0 Å². The summed E-state index contributed by atoms with van der Waals surface area (Å²) < 4.78 is 0. The van der Waals surface area contributed by atoms with Crippen LogP contribution in [0.2, 0.25) is 0 Å². The van der Waals surface area contributed by atoms with Crippen molar-refractivity contribution in [2.45, 2.75) is 0 Å². The summed E-state index contributed by atoms with van der Waals surface area (Å²) in [6, 6.07) is 57.3. The number of carbonyl (C=O) groups is 2. The van der Waals surface area contributed by atoms with E-state index in [0.29, 0.717) is 0 Å². The average Bonchev–Trinajstić information content (AvgIpc) is 3.15. The van der Waals surface area contributed by atoms with Gasteiger partial charge in [-0.25, -0.2) is 10.9 Å². The molecule has 0 bridgehead atoms. The lowest BCUT2D eigenvalue weighted by atomic mass is 10.2. The molecule has 2 amide bonds. The normalized spacial score (nSPS) is 11.3. The molecule has 2 N–H and O–H groups in total. The molecule has 0 aliphatic carbocycles. The standard InChI is InChI=1S/C40H32N4O2P2/c45-39(43-41-29-31-17-13-15-27-37(31)47(33-19-5-1-6-20-33)34-21-7-2-8-22-34)40(46)44-42-30-32-18-14-16-28-38(32)48(35-23-9-3-10-24-35)36-25-11-4-12-26-36/h1-30H,(H,43,45)(H,44,46). The van der Waals surface area contributed by atoms with E-state index in [1.54, 1.807) is 12.4 Å². The molecule has 6 aromatic rings. The van der Waals surface area contributed by atoms with Gasteiger partial charge in [-0.2, -0.15) is 10.2 Å². The molecule has 6 rings (SSSR count). The molecule has 0 radical (unpaired) electrons. The van der Waals surface area contributed by atoms with Crippen molar-refractivity contribution in [3.05, 3.63) is 181 Å². The van der Waals surface area contributed by atoms with Crippen LogP contribution in [0, 0.1) is 0 Å². The topological polar surface area (TPSA) is 82.9 Å². The molecular formula is C40H32N4O2P2. The molecule has 0 heterocycles. The van der Waals surface area contributed by atoms with Gasteiger partial charge in [-0.15, -0.1) is 0 Å². The van der Waals surface area contributed by atoms with E-state index in [1.165, 1.54) is 21.2 Å². The minimum absolute atomic E-state index is 0.847. The minimum atomic E-state index is -0.918. The van der Waals surface area contributed by atoms with Crippen LogP contribution in [0.4, 0.5) is 0 Å². The Labute approximate surface area is 282 Å². The number of hydrazone groups is 2. The number of rotatable bonds is 10. The number of hydrogen-bond donors (Lipinski definition) is 2. The van der Waals surface area contributed by atoms with E-state index >= 15 is 0 Å². The van der Waals surface area contributed by atoms with Crippen LogP contribution in [0.5, 0.6) is 0 Å². The van der Waals surface area contributed by atoms with E-state index in [1.807, 2.05) is 109 Å². The number of benzene rings is 6. The van der Waals surface area contributed by atoms with Crippen LogP contribution in [0.1, 0.15) is 11.1 Å². The Morgan fingerprint density at radius 3 is 0.979 bits per heavy atom. The molecule has 0 spiro atoms. The van der Waals surface area contributed by atoms with E-state index in [4.69, 9.17) is 0 Å². The van der Waals surface area contributed by atoms with Gasteiger partial charge in [0, 0.05) is 11.1 Å². The second-order valence-corrected chi connectivity index (χ2v) is 14.9. The molecule has 0 unspecified atom stereocenters. The van der Waals surface area contributed by atoms with Gasteiger partial charge in [-0.05, 0) is 47.7 Å². The first kappa shape index (κ1) is 32.4. The van der Waals surface area contributed by atoms with E-state index in [9.17, 15) is 9.59 Å². The summed E-state index contributed by atoms with van der Waals surface area (Å²) in [7, 11) is -1.76. The van der Waals surface area contributed by atoms with Gasteiger partial charge in [-0.3, -0.25) is 9.59 Å². The van der Waals surface area contributed by atoms with Gasteiger partial charge in [0.1, 0.15) is 0 Å². The molecule has 0 fully saturated rings. The average molecular weight is 663 g/mol. The summed E-state index contributed by atoms with van der Waals surface area (Å²) >= 11 is 0. The largest absolute Gasteiger partial charge is 0.331 e. The maximum Gasteiger partial charge on any atom is 0.331 e. The third-order valence-electron chi connectivity index (χ3n) is 7.36. The smallest absolute Gasteiger partial charge is 0.262 e. The van der Waals surface area contributed by atoms with Crippen molar-refractivity contribution in [2.75, 3.05) is 0 Å². The molecule has 8 heteroatoms. The molecule has 0 aliphatic heterocycles. The Hall–Kier alpha value is -5.54. The van der Waals surface area contributed by atoms with Gasteiger partial charge in [0.15, 0.2) is 0 Å². The summed E-state index contributed by atoms with van der Waals surface area (Å²) in [4.78, 5) is 25.4. The molecule has 0 saturated heterocycles. The monoisotopic (exact) mass is 662 g/mol. The number of carbonyl (C=O) groups excluding carboxylic acids is 2. The van der Waals surface area contributed by atoms with Gasteiger partial charge in [0.05, 0.1) is 12.4 Å². The van der Waals surface area contributed by atoms with Crippen LogP contribution in [0.25, 0.3) is 0 Å². The van der Waals surface area contributed by atoms with Crippen LogP contribution in [0.3, 0.4) is 0 Å². The lowest BCUT2D eigenvalue weighted by molar-refractivity contribution is -0.139. The Kier molecular flexibility index (Phi) is 11.0. The Bertz CT molecular complexity index is 1800. The van der Waals surface area contributed by atoms with Crippen molar-refractivity contribution in [3.8, 4) is 0 Å². The maximum atomic E-state index is 12.7. The van der Waals surface area contributed by atoms with E-state index < -0.39 is 27.7 Å². The molecule has 234 valence electrons. The fourth-order valence-electron chi connectivity index (χ4n) is 5.19. The summed E-state index contributed by atoms with van der Waals surface area (Å²) in [5.74, 6) is -1.84. The molecule has 6 nitrogen and oxygen atoms in total. The number of nitrogens with one attached hydrogen (secondary N) is 2. The Balaban J connectivity index is 1.16. The van der Waals surface area contributed by atoms with Crippen LogP contribution in [-0.4, -0.2) is 24.2 Å².